The molecule has 78 valence electrons. The Morgan fingerprint density at radius 2 is 2.07 bits per heavy atom. The average Bonchev–Trinajstić information content (AvgIpc) is 2.00. The molecule has 3 nitrogen and oxygen atoms in total. The first-order valence-corrected chi connectivity index (χ1v) is 5.50. The van der Waals surface area contributed by atoms with Gasteiger partial charge in [0.15, 0.2) is 0 Å². The fraction of sp³-hybridized carbons (Fsp3) is 0.600. The van der Waals surface area contributed by atoms with Gasteiger partial charge in [0.05, 0.1) is 0 Å². The van der Waals surface area contributed by atoms with Gasteiger partial charge in [-0.25, -0.2) is 9.97 Å². The number of aryl methyl sites for hydroxylation is 1. The Morgan fingerprint density at radius 3 is 2.57 bits per heavy atom. The third-order valence-corrected chi connectivity index (χ3v) is 2.23. The minimum atomic E-state index is 0.633. The molecular formula is C10H16BrN3. The van der Waals surface area contributed by atoms with Crippen molar-refractivity contribution in [3.05, 3.63) is 16.5 Å². The highest BCUT2D eigenvalue weighted by atomic mass is 79.9. The monoisotopic (exact) mass is 257 g/mol. The molecule has 1 aromatic rings. The predicted octanol–water partition coefficient (Wildman–Crippen LogP) is 2.64. The number of rotatable bonds is 3. The Hall–Kier alpha value is -0.640. The standard InChI is InChI=1S/C10H16BrN3/c1-7(2)6-14(4)10-5-9(11)12-8(3)13-10/h5,7H,6H2,1-4H3. The molecule has 0 aliphatic rings. The molecule has 0 amide bonds. The molecule has 0 aromatic carbocycles. The summed E-state index contributed by atoms with van der Waals surface area (Å²) in [5.41, 5.74) is 0. The zero-order chi connectivity index (χ0) is 10.7. The maximum absolute atomic E-state index is 4.37. The minimum Gasteiger partial charge on any atom is -0.359 e. The molecule has 0 bridgehead atoms. The van der Waals surface area contributed by atoms with Crippen LogP contribution in [-0.2, 0) is 0 Å². The molecule has 4 heteroatoms. The van der Waals surface area contributed by atoms with E-state index in [4.69, 9.17) is 0 Å². The van der Waals surface area contributed by atoms with Gasteiger partial charge in [0.25, 0.3) is 0 Å². The number of anilines is 1. The van der Waals surface area contributed by atoms with Gasteiger partial charge in [0.2, 0.25) is 0 Å². The first-order valence-electron chi connectivity index (χ1n) is 4.71. The van der Waals surface area contributed by atoms with E-state index in [1.54, 1.807) is 0 Å². The van der Waals surface area contributed by atoms with Gasteiger partial charge in [0, 0.05) is 19.7 Å². The first kappa shape index (κ1) is 11.4. The summed E-state index contributed by atoms with van der Waals surface area (Å²) in [5, 5.41) is 0. The van der Waals surface area contributed by atoms with E-state index in [9.17, 15) is 0 Å². The third-order valence-electron chi connectivity index (χ3n) is 1.82. The van der Waals surface area contributed by atoms with Crippen molar-refractivity contribution in [1.82, 2.24) is 9.97 Å². The maximum Gasteiger partial charge on any atom is 0.133 e. The smallest absolute Gasteiger partial charge is 0.133 e. The number of halogens is 1. The van der Waals surface area contributed by atoms with Crippen molar-refractivity contribution in [1.29, 1.82) is 0 Å². The number of nitrogens with zero attached hydrogens (tertiary/aromatic N) is 3. The van der Waals surface area contributed by atoms with Gasteiger partial charge in [-0.15, -0.1) is 0 Å². The molecule has 14 heavy (non-hydrogen) atoms. The summed E-state index contributed by atoms with van der Waals surface area (Å²) in [6.45, 7) is 7.29. The Labute approximate surface area is 93.7 Å². The number of hydrogen-bond donors (Lipinski definition) is 0. The van der Waals surface area contributed by atoms with Gasteiger partial charge in [-0.1, -0.05) is 13.8 Å². The molecule has 0 N–H and O–H groups in total. The molecule has 1 rings (SSSR count). The van der Waals surface area contributed by atoms with Crippen LogP contribution in [0.15, 0.2) is 10.7 Å². The van der Waals surface area contributed by atoms with Crippen molar-refractivity contribution < 1.29 is 0 Å². The van der Waals surface area contributed by atoms with Crippen LogP contribution in [0.5, 0.6) is 0 Å². The van der Waals surface area contributed by atoms with Crippen LogP contribution in [0, 0.1) is 12.8 Å². The molecule has 0 saturated carbocycles. The largest absolute Gasteiger partial charge is 0.359 e. The van der Waals surface area contributed by atoms with Gasteiger partial charge in [-0.3, -0.25) is 0 Å². The fourth-order valence-electron chi connectivity index (χ4n) is 1.35. The number of hydrogen-bond acceptors (Lipinski definition) is 3. The lowest BCUT2D eigenvalue weighted by atomic mass is 10.2. The highest BCUT2D eigenvalue weighted by molar-refractivity contribution is 9.10. The summed E-state index contributed by atoms with van der Waals surface area (Å²) in [6.07, 6.45) is 0. The molecule has 1 aromatic heterocycles. The van der Waals surface area contributed by atoms with Gasteiger partial charge < -0.3 is 4.90 Å². The van der Waals surface area contributed by atoms with Crippen molar-refractivity contribution in [3.8, 4) is 0 Å². The Morgan fingerprint density at radius 1 is 1.43 bits per heavy atom. The maximum atomic E-state index is 4.37. The van der Waals surface area contributed by atoms with Gasteiger partial charge >= 0.3 is 0 Å². The molecule has 0 radical (unpaired) electrons. The highest BCUT2D eigenvalue weighted by Crippen LogP contribution is 2.15. The summed E-state index contributed by atoms with van der Waals surface area (Å²) in [6, 6.07) is 1.94. The topological polar surface area (TPSA) is 29.0 Å². The zero-order valence-corrected chi connectivity index (χ0v) is 10.7. The van der Waals surface area contributed by atoms with Crippen LogP contribution >= 0.6 is 15.9 Å². The molecule has 1 heterocycles. The van der Waals surface area contributed by atoms with E-state index in [2.05, 4.69) is 44.6 Å². The summed E-state index contributed by atoms with van der Waals surface area (Å²) in [5.74, 6) is 2.40. The second-order valence-electron chi connectivity index (χ2n) is 3.87. The Kier molecular flexibility index (Phi) is 3.86. The normalized spacial score (nSPS) is 10.7. The lowest BCUT2D eigenvalue weighted by molar-refractivity contribution is 0.633. The molecular weight excluding hydrogens is 242 g/mol. The summed E-state index contributed by atoms with van der Waals surface area (Å²) < 4.78 is 0.843. The predicted molar refractivity (Wildman–Crippen MR) is 62.6 cm³/mol. The molecule has 0 fully saturated rings. The molecule has 0 aliphatic carbocycles. The van der Waals surface area contributed by atoms with Crippen LogP contribution in [0.1, 0.15) is 19.7 Å². The summed E-state index contributed by atoms with van der Waals surface area (Å²) in [7, 11) is 2.05. The third kappa shape index (κ3) is 3.25. The highest BCUT2D eigenvalue weighted by Gasteiger charge is 2.06. The van der Waals surface area contributed by atoms with Gasteiger partial charge in [-0.05, 0) is 28.8 Å². The molecule has 0 spiro atoms. The molecule has 0 saturated heterocycles. The first-order chi connectivity index (χ1) is 6.49. The van der Waals surface area contributed by atoms with Crippen molar-refractivity contribution in [2.24, 2.45) is 5.92 Å². The van der Waals surface area contributed by atoms with Gasteiger partial charge in [-0.2, -0.15) is 0 Å². The van der Waals surface area contributed by atoms with Crippen molar-refractivity contribution in [2.75, 3.05) is 18.5 Å². The van der Waals surface area contributed by atoms with E-state index in [0.29, 0.717) is 5.92 Å². The van der Waals surface area contributed by atoms with E-state index in [-0.39, 0.29) is 0 Å². The molecule has 0 atom stereocenters. The van der Waals surface area contributed by atoms with Crippen LogP contribution in [0.25, 0.3) is 0 Å². The lowest BCUT2D eigenvalue weighted by Crippen LogP contribution is -2.23. The van der Waals surface area contributed by atoms with Crippen molar-refractivity contribution >= 4 is 21.7 Å². The summed E-state index contributed by atoms with van der Waals surface area (Å²) in [4.78, 5) is 10.7. The van der Waals surface area contributed by atoms with E-state index in [0.717, 1.165) is 22.8 Å². The quantitative estimate of drug-likeness (QED) is 0.780. The minimum absolute atomic E-state index is 0.633. The second-order valence-corrected chi connectivity index (χ2v) is 4.68. The molecule has 0 aliphatic heterocycles. The summed E-state index contributed by atoms with van der Waals surface area (Å²) >= 11 is 3.37. The van der Waals surface area contributed by atoms with Gasteiger partial charge in [0.1, 0.15) is 16.2 Å². The SMILES string of the molecule is Cc1nc(Br)cc(N(C)CC(C)C)n1. The van der Waals surface area contributed by atoms with E-state index in [1.807, 2.05) is 20.0 Å². The van der Waals surface area contributed by atoms with Crippen LogP contribution in [0.2, 0.25) is 0 Å². The van der Waals surface area contributed by atoms with Crippen molar-refractivity contribution in [3.63, 3.8) is 0 Å². The van der Waals surface area contributed by atoms with E-state index < -0.39 is 0 Å². The lowest BCUT2D eigenvalue weighted by Gasteiger charge is -2.20. The Balaban J connectivity index is 2.84. The fourth-order valence-corrected chi connectivity index (χ4v) is 1.81. The van der Waals surface area contributed by atoms with Crippen LogP contribution < -0.4 is 4.90 Å². The van der Waals surface area contributed by atoms with E-state index in [1.165, 1.54) is 0 Å². The van der Waals surface area contributed by atoms with Crippen molar-refractivity contribution in [2.45, 2.75) is 20.8 Å². The van der Waals surface area contributed by atoms with Crippen LogP contribution in [0.4, 0.5) is 5.82 Å². The average molecular weight is 258 g/mol. The van der Waals surface area contributed by atoms with Crippen LogP contribution in [0.3, 0.4) is 0 Å². The van der Waals surface area contributed by atoms with Crippen LogP contribution in [-0.4, -0.2) is 23.6 Å². The molecule has 0 unspecified atom stereocenters. The second kappa shape index (κ2) is 4.73. The van der Waals surface area contributed by atoms with E-state index >= 15 is 0 Å². The zero-order valence-electron chi connectivity index (χ0n) is 9.08. The number of aromatic nitrogens is 2. The Bertz CT molecular complexity index is 292.